The van der Waals surface area contributed by atoms with Gasteiger partial charge in [-0.15, -0.1) is 0 Å². The smallest absolute Gasteiger partial charge is 0.320 e. The van der Waals surface area contributed by atoms with Crippen LogP contribution in [0.4, 0.5) is 10.5 Å². The summed E-state index contributed by atoms with van der Waals surface area (Å²) in [5, 5.41) is 6.26. The molecule has 0 unspecified atom stereocenters. The third kappa shape index (κ3) is 3.67. The number of nitrogens with one attached hydrogen (secondary N) is 2. The van der Waals surface area contributed by atoms with Crippen molar-refractivity contribution >= 4 is 32.6 Å². The Labute approximate surface area is 110 Å². The molecule has 19 heavy (non-hydrogen) atoms. The molecule has 6 nitrogen and oxygen atoms in total. The predicted molar refractivity (Wildman–Crippen MR) is 70.7 cm³/mol. The highest BCUT2D eigenvalue weighted by atomic mass is 32.2. The molecule has 2 aromatic rings. The molecule has 0 aromatic heterocycles. The van der Waals surface area contributed by atoms with Crippen molar-refractivity contribution in [2.75, 3.05) is 11.2 Å². The van der Waals surface area contributed by atoms with Gasteiger partial charge in [0.1, 0.15) is 16.0 Å². The van der Waals surface area contributed by atoms with E-state index in [1.807, 2.05) is 35.6 Å². The highest BCUT2D eigenvalue weighted by molar-refractivity contribution is 7.85. The molecule has 7 heteroatoms. The lowest BCUT2D eigenvalue weighted by atomic mass is 10.1. The summed E-state index contributed by atoms with van der Waals surface area (Å²) < 4.78 is 31.2. The van der Waals surface area contributed by atoms with Gasteiger partial charge in [0.05, 0.1) is 5.69 Å². The largest absolute Gasteiger partial charge is 0.747 e. The zero-order valence-corrected chi connectivity index (χ0v) is 10.6. The van der Waals surface area contributed by atoms with E-state index in [4.69, 9.17) is 0 Å². The van der Waals surface area contributed by atoms with Crippen molar-refractivity contribution < 1.29 is 17.8 Å². The third-order valence-corrected chi connectivity index (χ3v) is 2.95. The van der Waals surface area contributed by atoms with Crippen LogP contribution >= 0.6 is 0 Å². The molecule has 0 fully saturated rings. The number of carbonyl (C=O) groups is 1. The topological polar surface area (TPSA) is 98.3 Å². The second kappa shape index (κ2) is 5.25. The minimum absolute atomic E-state index is 0.541. The summed E-state index contributed by atoms with van der Waals surface area (Å²) in [7, 11) is -4.48. The molecular weight excluding hydrogens is 268 g/mol. The van der Waals surface area contributed by atoms with Gasteiger partial charge >= 0.3 is 6.03 Å². The van der Waals surface area contributed by atoms with Crippen LogP contribution in [-0.2, 0) is 10.1 Å². The second-order valence-electron chi connectivity index (χ2n) is 3.86. The predicted octanol–water partition coefficient (Wildman–Crippen LogP) is 1.46. The molecule has 0 aliphatic heterocycles. The minimum Gasteiger partial charge on any atom is -0.747 e. The first-order valence-corrected chi connectivity index (χ1v) is 7.00. The van der Waals surface area contributed by atoms with Crippen molar-refractivity contribution in [1.82, 2.24) is 5.32 Å². The molecule has 2 aromatic carbocycles. The van der Waals surface area contributed by atoms with E-state index < -0.39 is 22.0 Å². The van der Waals surface area contributed by atoms with Gasteiger partial charge in [-0.05, 0) is 11.5 Å². The molecule has 2 amide bonds. The summed E-state index contributed by atoms with van der Waals surface area (Å²) in [6.45, 7) is 0. The van der Waals surface area contributed by atoms with Crippen LogP contribution in [0.1, 0.15) is 0 Å². The maximum absolute atomic E-state index is 11.5. The average molecular weight is 279 g/mol. The van der Waals surface area contributed by atoms with Gasteiger partial charge in [0.15, 0.2) is 0 Å². The van der Waals surface area contributed by atoms with E-state index in [0.29, 0.717) is 5.69 Å². The molecule has 0 aliphatic rings. The standard InChI is InChI=1S/C12H12N2O4S/c15-12(13-8-19(16,17)18)14-11-7-3-5-9-4-1-2-6-10(9)11/h1-7H,8H2,(H2,13,14,15)(H,16,17,18)/p-1. The van der Waals surface area contributed by atoms with Gasteiger partial charge in [-0.1, -0.05) is 36.4 Å². The lowest BCUT2D eigenvalue weighted by Crippen LogP contribution is -2.33. The Hall–Kier alpha value is -2.12. The molecule has 2 rings (SSSR count). The minimum atomic E-state index is -4.48. The van der Waals surface area contributed by atoms with Gasteiger partial charge in [0.2, 0.25) is 0 Å². The Bertz CT molecular complexity index is 707. The van der Waals surface area contributed by atoms with Crippen molar-refractivity contribution in [3.8, 4) is 0 Å². The molecule has 100 valence electrons. The lowest BCUT2D eigenvalue weighted by molar-refractivity contribution is 0.253. The van der Waals surface area contributed by atoms with Crippen LogP contribution in [0.3, 0.4) is 0 Å². The maximum Gasteiger partial charge on any atom is 0.320 e. The highest BCUT2D eigenvalue weighted by Crippen LogP contribution is 2.22. The van der Waals surface area contributed by atoms with Gasteiger partial charge in [0, 0.05) is 5.39 Å². The van der Waals surface area contributed by atoms with Gasteiger partial charge < -0.3 is 15.2 Å². The van der Waals surface area contributed by atoms with Crippen LogP contribution in [0.2, 0.25) is 0 Å². The quantitative estimate of drug-likeness (QED) is 0.831. The molecule has 0 heterocycles. The van der Waals surface area contributed by atoms with Gasteiger partial charge in [-0.3, -0.25) is 0 Å². The number of carbonyl (C=O) groups excluding carboxylic acids is 1. The van der Waals surface area contributed by atoms with Crippen molar-refractivity contribution in [2.24, 2.45) is 0 Å². The fraction of sp³-hybridized carbons (Fsp3) is 0.0833. The van der Waals surface area contributed by atoms with Crippen molar-refractivity contribution in [2.45, 2.75) is 0 Å². The Kier molecular flexibility index (Phi) is 3.68. The monoisotopic (exact) mass is 279 g/mol. The van der Waals surface area contributed by atoms with Crippen LogP contribution in [0.15, 0.2) is 42.5 Å². The number of amides is 2. The van der Waals surface area contributed by atoms with Crippen LogP contribution in [-0.4, -0.2) is 24.9 Å². The van der Waals surface area contributed by atoms with E-state index >= 15 is 0 Å². The fourth-order valence-corrected chi connectivity index (χ4v) is 1.96. The van der Waals surface area contributed by atoms with Gasteiger partial charge in [0.25, 0.3) is 0 Å². The second-order valence-corrected chi connectivity index (χ2v) is 5.26. The average Bonchev–Trinajstić information content (AvgIpc) is 2.36. The molecule has 2 N–H and O–H groups in total. The SMILES string of the molecule is O=C(NCS(=O)(=O)[O-])Nc1cccc2ccccc12. The first-order chi connectivity index (χ1) is 8.96. The van der Waals surface area contributed by atoms with E-state index in [0.717, 1.165) is 10.8 Å². The zero-order valence-electron chi connectivity index (χ0n) is 9.79. The molecule has 0 atom stereocenters. The number of fused-ring (bicyclic) bond motifs is 1. The number of hydrogen-bond acceptors (Lipinski definition) is 4. The number of hydrogen-bond donors (Lipinski definition) is 2. The first-order valence-electron chi connectivity index (χ1n) is 5.42. The van der Waals surface area contributed by atoms with Crippen LogP contribution in [0.25, 0.3) is 10.8 Å². The van der Waals surface area contributed by atoms with Crippen molar-refractivity contribution in [3.63, 3.8) is 0 Å². The van der Waals surface area contributed by atoms with E-state index in [9.17, 15) is 17.8 Å². The van der Waals surface area contributed by atoms with Gasteiger partial charge in [-0.25, -0.2) is 13.2 Å². The van der Waals surface area contributed by atoms with E-state index in [1.54, 1.807) is 12.1 Å². The van der Waals surface area contributed by atoms with Crippen LogP contribution in [0, 0.1) is 0 Å². The summed E-state index contributed by atoms with van der Waals surface area (Å²) in [5.41, 5.74) is 0.541. The number of rotatable bonds is 3. The molecule has 0 saturated carbocycles. The Morgan fingerprint density at radius 1 is 1.11 bits per heavy atom. The van der Waals surface area contributed by atoms with E-state index in [1.165, 1.54) is 0 Å². The summed E-state index contributed by atoms with van der Waals surface area (Å²) in [5.74, 6) is -0.941. The van der Waals surface area contributed by atoms with E-state index in [-0.39, 0.29) is 0 Å². The summed E-state index contributed by atoms with van der Waals surface area (Å²) in [4.78, 5) is 11.5. The molecule has 0 spiro atoms. The molecule has 0 saturated heterocycles. The number of urea groups is 1. The summed E-state index contributed by atoms with van der Waals surface area (Å²) in [6, 6.07) is 12.0. The van der Waals surface area contributed by atoms with Crippen LogP contribution in [0.5, 0.6) is 0 Å². The molecule has 0 aliphatic carbocycles. The maximum atomic E-state index is 11.5. The zero-order chi connectivity index (χ0) is 13.9. The van der Waals surface area contributed by atoms with Crippen molar-refractivity contribution in [3.05, 3.63) is 42.5 Å². The normalized spacial score (nSPS) is 11.2. The molecule has 0 bridgehead atoms. The third-order valence-electron chi connectivity index (χ3n) is 2.45. The summed E-state index contributed by atoms with van der Waals surface area (Å²) >= 11 is 0. The Morgan fingerprint density at radius 3 is 2.53 bits per heavy atom. The molecular formula is C12H11N2O4S-. The first kappa shape index (κ1) is 13.3. The number of benzene rings is 2. The highest BCUT2D eigenvalue weighted by Gasteiger charge is 2.05. The van der Waals surface area contributed by atoms with E-state index in [2.05, 4.69) is 5.32 Å². The van der Waals surface area contributed by atoms with Crippen LogP contribution < -0.4 is 10.6 Å². The Balaban J connectivity index is 2.15. The lowest BCUT2D eigenvalue weighted by Gasteiger charge is -2.11. The van der Waals surface area contributed by atoms with Gasteiger partial charge in [-0.2, -0.15) is 0 Å². The summed E-state index contributed by atoms with van der Waals surface area (Å²) in [6.07, 6.45) is 0. The van der Waals surface area contributed by atoms with Crippen molar-refractivity contribution in [1.29, 1.82) is 0 Å². The number of anilines is 1. The molecule has 0 radical (unpaired) electrons. The Morgan fingerprint density at radius 2 is 1.79 bits per heavy atom. The fourth-order valence-electron chi connectivity index (χ4n) is 1.65.